The number of aliphatic hydroxyl groups is 1. The highest BCUT2D eigenvalue weighted by Gasteiger charge is 2.17. The summed E-state index contributed by atoms with van der Waals surface area (Å²) < 4.78 is 0. The molecule has 74 valence electrons. The summed E-state index contributed by atoms with van der Waals surface area (Å²) in [5, 5.41) is 18.0. The summed E-state index contributed by atoms with van der Waals surface area (Å²) in [4.78, 5) is 0. The minimum absolute atomic E-state index is 0.526. The lowest BCUT2D eigenvalue weighted by molar-refractivity contribution is 0.107. The quantitative estimate of drug-likeness (QED) is 0.738. The maximum Gasteiger partial charge on any atom is 0.148 e. The maximum atomic E-state index is 9.44. The van der Waals surface area contributed by atoms with Gasteiger partial charge in [0.1, 0.15) is 5.60 Å². The summed E-state index contributed by atoms with van der Waals surface area (Å²) in [6, 6.07) is 12.0. The molecule has 0 amide bonds. The Labute approximate surface area is 84.8 Å². The van der Waals surface area contributed by atoms with Gasteiger partial charge in [-0.2, -0.15) is 5.26 Å². The minimum Gasteiger partial charge on any atom is -0.376 e. The monoisotopic (exact) mass is 189 g/mol. The summed E-state index contributed by atoms with van der Waals surface area (Å²) >= 11 is 0. The molecule has 0 saturated heterocycles. The predicted molar refractivity (Wildman–Crippen MR) is 55.6 cm³/mol. The molecule has 1 atom stereocenters. The van der Waals surface area contributed by atoms with Crippen molar-refractivity contribution in [3.8, 4) is 6.07 Å². The molecule has 1 rings (SSSR count). The van der Waals surface area contributed by atoms with E-state index in [-0.39, 0.29) is 0 Å². The Kier molecular flexibility index (Phi) is 3.67. The minimum atomic E-state index is -1.17. The molecule has 1 aromatic carbocycles. The molecule has 0 heterocycles. The molecule has 2 heteroatoms. The number of hydrogen-bond acceptors (Lipinski definition) is 2. The van der Waals surface area contributed by atoms with Crippen molar-refractivity contribution in [2.45, 2.75) is 31.8 Å². The van der Waals surface area contributed by atoms with Gasteiger partial charge in [-0.05, 0) is 31.7 Å². The van der Waals surface area contributed by atoms with Crippen LogP contribution in [0.3, 0.4) is 0 Å². The topological polar surface area (TPSA) is 44.0 Å². The Morgan fingerprint density at radius 3 is 2.57 bits per heavy atom. The van der Waals surface area contributed by atoms with Crippen molar-refractivity contribution >= 4 is 0 Å². The van der Waals surface area contributed by atoms with Crippen LogP contribution >= 0.6 is 0 Å². The highest BCUT2D eigenvalue weighted by Crippen LogP contribution is 2.13. The Hall–Kier alpha value is -1.33. The van der Waals surface area contributed by atoms with E-state index in [1.54, 1.807) is 6.92 Å². The van der Waals surface area contributed by atoms with Crippen LogP contribution in [-0.2, 0) is 6.42 Å². The van der Waals surface area contributed by atoms with Gasteiger partial charge in [0, 0.05) is 0 Å². The van der Waals surface area contributed by atoms with Crippen molar-refractivity contribution < 1.29 is 5.11 Å². The van der Waals surface area contributed by atoms with E-state index in [0.717, 1.165) is 12.8 Å². The number of nitrogens with zero attached hydrogens (tertiary/aromatic N) is 1. The zero-order valence-corrected chi connectivity index (χ0v) is 8.40. The van der Waals surface area contributed by atoms with Crippen molar-refractivity contribution in [2.75, 3.05) is 0 Å². The molecule has 1 aromatic rings. The molecule has 0 aliphatic carbocycles. The lowest BCUT2D eigenvalue weighted by atomic mass is 9.99. The first-order chi connectivity index (χ1) is 6.64. The van der Waals surface area contributed by atoms with Crippen molar-refractivity contribution in [1.29, 1.82) is 5.26 Å². The molecule has 14 heavy (non-hydrogen) atoms. The van der Waals surface area contributed by atoms with Gasteiger partial charge in [-0.3, -0.25) is 0 Å². The lowest BCUT2D eigenvalue weighted by Gasteiger charge is -2.12. The molecule has 0 aliphatic rings. The van der Waals surface area contributed by atoms with Gasteiger partial charge >= 0.3 is 0 Å². The van der Waals surface area contributed by atoms with E-state index in [0.29, 0.717) is 6.42 Å². The van der Waals surface area contributed by atoms with Gasteiger partial charge in [-0.15, -0.1) is 0 Å². The first kappa shape index (κ1) is 10.7. The van der Waals surface area contributed by atoms with Crippen molar-refractivity contribution in [2.24, 2.45) is 0 Å². The molecule has 0 fully saturated rings. The van der Waals surface area contributed by atoms with Crippen LogP contribution in [0.25, 0.3) is 0 Å². The van der Waals surface area contributed by atoms with E-state index < -0.39 is 5.60 Å². The fraction of sp³-hybridized carbons (Fsp3) is 0.417. The first-order valence-electron chi connectivity index (χ1n) is 4.82. The molecule has 0 aromatic heterocycles. The van der Waals surface area contributed by atoms with Crippen LogP contribution in [0.1, 0.15) is 25.3 Å². The predicted octanol–water partition coefficient (Wildman–Crippen LogP) is 2.28. The summed E-state index contributed by atoms with van der Waals surface area (Å²) in [5.41, 5.74) is 0.0793. The zero-order chi connectivity index (χ0) is 10.4. The third kappa shape index (κ3) is 3.59. The van der Waals surface area contributed by atoms with Crippen LogP contribution in [0.5, 0.6) is 0 Å². The smallest absolute Gasteiger partial charge is 0.148 e. The Morgan fingerprint density at radius 2 is 2.00 bits per heavy atom. The molecule has 0 saturated carbocycles. The molecule has 0 aliphatic heterocycles. The molecule has 1 unspecified atom stereocenters. The maximum absolute atomic E-state index is 9.44. The van der Waals surface area contributed by atoms with E-state index >= 15 is 0 Å². The highest BCUT2D eigenvalue weighted by molar-refractivity contribution is 5.14. The van der Waals surface area contributed by atoms with Gasteiger partial charge in [0.05, 0.1) is 6.07 Å². The lowest BCUT2D eigenvalue weighted by Crippen LogP contribution is -2.20. The van der Waals surface area contributed by atoms with Crippen molar-refractivity contribution in [3.05, 3.63) is 35.9 Å². The van der Waals surface area contributed by atoms with E-state index in [1.165, 1.54) is 5.56 Å². The fourth-order valence-corrected chi connectivity index (χ4v) is 1.34. The van der Waals surface area contributed by atoms with E-state index in [4.69, 9.17) is 5.26 Å². The Bertz CT molecular complexity index is 311. The van der Waals surface area contributed by atoms with Gasteiger partial charge in [0.15, 0.2) is 0 Å². The number of benzene rings is 1. The average molecular weight is 189 g/mol. The van der Waals surface area contributed by atoms with Gasteiger partial charge in [-0.25, -0.2) is 0 Å². The summed E-state index contributed by atoms with van der Waals surface area (Å²) in [6.07, 6.45) is 2.28. The molecule has 1 N–H and O–H groups in total. The SMILES string of the molecule is CC(O)(C#N)CCCc1ccccc1. The van der Waals surface area contributed by atoms with E-state index in [2.05, 4.69) is 12.1 Å². The summed E-state index contributed by atoms with van der Waals surface area (Å²) in [5.74, 6) is 0. The summed E-state index contributed by atoms with van der Waals surface area (Å²) in [6.45, 7) is 1.55. The second kappa shape index (κ2) is 4.78. The number of rotatable bonds is 4. The van der Waals surface area contributed by atoms with E-state index in [1.807, 2.05) is 24.3 Å². The molecular weight excluding hydrogens is 174 g/mol. The standard InChI is InChI=1S/C12H15NO/c1-12(14,10-13)9-5-8-11-6-3-2-4-7-11/h2-4,6-7,14H,5,8-9H2,1H3. The molecule has 0 spiro atoms. The fourth-order valence-electron chi connectivity index (χ4n) is 1.34. The first-order valence-corrected chi connectivity index (χ1v) is 4.82. The Balaban J connectivity index is 2.34. The largest absolute Gasteiger partial charge is 0.376 e. The van der Waals surface area contributed by atoms with Crippen LogP contribution in [0.4, 0.5) is 0 Å². The zero-order valence-electron chi connectivity index (χ0n) is 8.40. The highest BCUT2D eigenvalue weighted by atomic mass is 16.3. The van der Waals surface area contributed by atoms with Crippen LogP contribution in [0.2, 0.25) is 0 Å². The van der Waals surface area contributed by atoms with Gasteiger partial charge < -0.3 is 5.11 Å². The van der Waals surface area contributed by atoms with Gasteiger partial charge in [0.2, 0.25) is 0 Å². The van der Waals surface area contributed by atoms with Crippen LogP contribution in [0, 0.1) is 11.3 Å². The normalized spacial score (nSPS) is 14.4. The molecule has 0 radical (unpaired) electrons. The molecule has 2 nitrogen and oxygen atoms in total. The number of nitriles is 1. The summed E-state index contributed by atoms with van der Waals surface area (Å²) in [7, 11) is 0. The second-order valence-electron chi connectivity index (χ2n) is 3.72. The van der Waals surface area contributed by atoms with Crippen LogP contribution in [0.15, 0.2) is 30.3 Å². The third-order valence-electron chi connectivity index (χ3n) is 2.21. The van der Waals surface area contributed by atoms with Crippen LogP contribution < -0.4 is 0 Å². The van der Waals surface area contributed by atoms with Crippen molar-refractivity contribution in [1.82, 2.24) is 0 Å². The molecule has 0 bridgehead atoms. The number of hydrogen-bond donors (Lipinski definition) is 1. The number of aryl methyl sites for hydroxylation is 1. The van der Waals surface area contributed by atoms with Crippen LogP contribution in [-0.4, -0.2) is 10.7 Å². The van der Waals surface area contributed by atoms with Gasteiger partial charge in [-0.1, -0.05) is 30.3 Å². The average Bonchev–Trinajstić information content (AvgIpc) is 2.19. The third-order valence-corrected chi connectivity index (χ3v) is 2.21. The van der Waals surface area contributed by atoms with Crippen molar-refractivity contribution in [3.63, 3.8) is 0 Å². The van der Waals surface area contributed by atoms with Gasteiger partial charge in [0.25, 0.3) is 0 Å². The second-order valence-corrected chi connectivity index (χ2v) is 3.72. The molecular formula is C12H15NO. The Morgan fingerprint density at radius 1 is 1.36 bits per heavy atom. The van der Waals surface area contributed by atoms with E-state index in [9.17, 15) is 5.11 Å².